The van der Waals surface area contributed by atoms with Crippen molar-refractivity contribution in [1.29, 1.82) is 0 Å². The Morgan fingerprint density at radius 3 is 2.28 bits per heavy atom. The molecule has 2 aromatic rings. The number of benzene rings is 2. The van der Waals surface area contributed by atoms with Gasteiger partial charge in [-0.15, -0.1) is 0 Å². The van der Waals surface area contributed by atoms with Crippen LogP contribution in [0, 0.1) is 0 Å². The number of ether oxygens (including phenoxy) is 1. The van der Waals surface area contributed by atoms with E-state index in [1.54, 1.807) is 24.3 Å². The topological polar surface area (TPSA) is 105 Å². The lowest BCUT2D eigenvalue weighted by molar-refractivity contribution is -0.116. The fourth-order valence-corrected chi connectivity index (χ4v) is 4.18. The Morgan fingerprint density at radius 2 is 1.69 bits per heavy atom. The zero-order chi connectivity index (χ0) is 21.4. The fourth-order valence-electron chi connectivity index (χ4n) is 2.69. The Kier molecular flexibility index (Phi) is 7.74. The summed E-state index contributed by atoms with van der Waals surface area (Å²) in [5, 5.41) is 5.27. The normalized spacial score (nSPS) is 11.2. The van der Waals surface area contributed by atoms with Crippen molar-refractivity contribution in [2.24, 2.45) is 0 Å². The van der Waals surface area contributed by atoms with E-state index in [9.17, 15) is 18.0 Å². The van der Waals surface area contributed by atoms with Crippen LogP contribution in [0.5, 0.6) is 5.75 Å². The summed E-state index contributed by atoms with van der Waals surface area (Å²) in [6, 6.07) is 12.7. The molecule has 156 valence electrons. The van der Waals surface area contributed by atoms with Crippen LogP contribution >= 0.6 is 0 Å². The molecule has 2 aromatic carbocycles. The SMILES string of the molecule is CCCN(CC(=O)Nc1ccccc1OC)S(=O)(=O)c1ccc(NC(C)=O)cc1. The molecule has 2 amide bonds. The van der Waals surface area contributed by atoms with Crippen molar-refractivity contribution in [1.82, 2.24) is 4.31 Å². The molecule has 0 aliphatic heterocycles. The molecule has 2 rings (SSSR count). The van der Waals surface area contributed by atoms with E-state index in [2.05, 4.69) is 10.6 Å². The minimum absolute atomic E-state index is 0.0464. The van der Waals surface area contributed by atoms with E-state index in [1.165, 1.54) is 38.3 Å². The number of amides is 2. The van der Waals surface area contributed by atoms with E-state index in [-0.39, 0.29) is 23.9 Å². The molecule has 2 N–H and O–H groups in total. The number of sulfonamides is 1. The van der Waals surface area contributed by atoms with Gasteiger partial charge in [-0.05, 0) is 42.8 Å². The first-order valence-corrected chi connectivity index (χ1v) is 10.5. The highest BCUT2D eigenvalue weighted by Gasteiger charge is 2.26. The summed E-state index contributed by atoms with van der Waals surface area (Å²) in [5.74, 6) is -0.234. The van der Waals surface area contributed by atoms with Gasteiger partial charge in [0.05, 0.1) is 24.2 Å². The molecule has 8 nitrogen and oxygen atoms in total. The number of para-hydroxylation sites is 2. The fraction of sp³-hybridized carbons (Fsp3) is 0.300. The van der Waals surface area contributed by atoms with Crippen molar-refractivity contribution in [3.8, 4) is 5.75 Å². The summed E-state index contributed by atoms with van der Waals surface area (Å²) in [4.78, 5) is 23.7. The van der Waals surface area contributed by atoms with Gasteiger partial charge >= 0.3 is 0 Å². The molecule has 0 radical (unpaired) electrons. The van der Waals surface area contributed by atoms with Crippen LogP contribution in [0.25, 0.3) is 0 Å². The second-order valence-corrected chi connectivity index (χ2v) is 8.23. The van der Waals surface area contributed by atoms with Gasteiger partial charge in [-0.3, -0.25) is 9.59 Å². The standard InChI is InChI=1S/C20H25N3O5S/c1-4-13-23(14-20(25)22-18-7-5-6-8-19(18)28-3)29(26,27)17-11-9-16(10-12-17)21-15(2)24/h5-12H,4,13-14H2,1-3H3,(H,21,24)(H,22,25). The third-order valence-corrected chi connectivity index (χ3v) is 5.85. The maximum Gasteiger partial charge on any atom is 0.243 e. The van der Waals surface area contributed by atoms with Crippen LogP contribution in [0.15, 0.2) is 53.4 Å². The van der Waals surface area contributed by atoms with Crippen molar-refractivity contribution >= 4 is 33.2 Å². The molecule has 0 atom stereocenters. The van der Waals surface area contributed by atoms with E-state index >= 15 is 0 Å². The number of hydrogen-bond donors (Lipinski definition) is 2. The maximum absolute atomic E-state index is 13.0. The lowest BCUT2D eigenvalue weighted by Crippen LogP contribution is -2.38. The minimum Gasteiger partial charge on any atom is -0.495 e. The van der Waals surface area contributed by atoms with E-state index in [1.807, 2.05) is 6.92 Å². The number of nitrogens with one attached hydrogen (secondary N) is 2. The Balaban J connectivity index is 2.18. The van der Waals surface area contributed by atoms with Crippen LogP contribution in [-0.4, -0.2) is 44.7 Å². The third-order valence-electron chi connectivity index (χ3n) is 3.99. The Morgan fingerprint density at radius 1 is 1.03 bits per heavy atom. The molecular formula is C20H25N3O5S. The number of hydrogen-bond acceptors (Lipinski definition) is 5. The summed E-state index contributed by atoms with van der Waals surface area (Å²) in [6.07, 6.45) is 0.547. The summed E-state index contributed by atoms with van der Waals surface area (Å²) in [6.45, 7) is 3.06. The van der Waals surface area contributed by atoms with Crippen molar-refractivity contribution in [2.45, 2.75) is 25.2 Å². The molecule has 0 aromatic heterocycles. The van der Waals surface area contributed by atoms with Gasteiger partial charge in [0.2, 0.25) is 21.8 Å². The highest BCUT2D eigenvalue weighted by Crippen LogP contribution is 2.23. The van der Waals surface area contributed by atoms with Crippen LogP contribution in [0.4, 0.5) is 11.4 Å². The van der Waals surface area contributed by atoms with Gasteiger partial charge in [-0.25, -0.2) is 8.42 Å². The molecule has 0 aliphatic rings. The number of nitrogens with zero attached hydrogens (tertiary/aromatic N) is 1. The average Bonchev–Trinajstić information content (AvgIpc) is 2.68. The summed E-state index contributed by atoms with van der Waals surface area (Å²) in [7, 11) is -2.39. The quantitative estimate of drug-likeness (QED) is 0.650. The van der Waals surface area contributed by atoms with Crippen molar-refractivity contribution in [3.63, 3.8) is 0 Å². The van der Waals surface area contributed by atoms with Gasteiger partial charge in [-0.1, -0.05) is 19.1 Å². The number of carbonyl (C=O) groups is 2. The molecule has 0 saturated heterocycles. The Bertz CT molecular complexity index is 958. The minimum atomic E-state index is -3.88. The molecule has 29 heavy (non-hydrogen) atoms. The number of methoxy groups -OCH3 is 1. The predicted octanol–water partition coefficient (Wildman–Crippen LogP) is 2.69. The van der Waals surface area contributed by atoms with Crippen LogP contribution < -0.4 is 15.4 Å². The molecular weight excluding hydrogens is 394 g/mol. The van der Waals surface area contributed by atoms with Crippen LogP contribution in [0.1, 0.15) is 20.3 Å². The van der Waals surface area contributed by atoms with E-state index in [0.717, 1.165) is 4.31 Å². The van der Waals surface area contributed by atoms with Crippen LogP contribution in [-0.2, 0) is 19.6 Å². The van der Waals surface area contributed by atoms with Crippen molar-refractivity contribution < 1.29 is 22.7 Å². The molecule has 0 bridgehead atoms. The molecule has 9 heteroatoms. The summed E-state index contributed by atoms with van der Waals surface area (Å²) >= 11 is 0. The van der Waals surface area contributed by atoms with Gasteiger partial charge < -0.3 is 15.4 Å². The van der Waals surface area contributed by atoms with Crippen molar-refractivity contribution in [2.75, 3.05) is 30.8 Å². The monoisotopic (exact) mass is 419 g/mol. The zero-order valence-electron chi connectivity index (χ0n) is 16.6. The van der Waals surface area contributed by atoms with Crippen LogP contribution in [0.3, 0.4) is 0 Å². The highest BCUT2D eigenvalue weighted by atomic mass is 32.2. The smallest absolute Gasteiger partial charge is 0.243 e. The predicted molar refractivity (Wildman–Crippen MR) is 111 cm³/mol. The molecule has 0 unspecified atom stereocenters. The van der Waals surface area contributed by atoms with E-state index in [0.29, 0.717) is 23.5 Å². The molecule has 0 aliphatic carbocycles. The first-order valence-electron chi connectivity index (χ1n) is 9.08. The molecule has 0 saturated carbocycles. The second-order valence-electron chi connectivity index (χ2n) is 6.29. The first kappa shape index (κ1) is 22.4. The molecule has 0 fully saturated rings. The lowest BCUT2D eigenvalue weighted by atomic mass is 10.3. The van der Waals surface area contributed by atoms with Gasteiger partial charge in [0.25, 0.3) is 0 Å². The first-order chi connectivity index (χ1) is 13.8. The Hall–Kier alpha value is -2.91. The Labute approximate surface area is 170 Å². The number of carbonyl (C=O) groups excluding carboxylic acids is 2. The van der Waals surface area contributed by atoms with E-state index in [4.69, 9.17) is 4.74 Å². The van der Waals surface area contributed by atoms with Gasteiger partial charge in [0.1, 0.15) is 5.75 Å². The molecule has 0 spiro atoms. The zero-order valence-corrected chi connectivity index (χ0v) is 17.5. The second kappa shape index (κ2) is 10.0. The largest absolute Gasteiger partial charge is 0.495 e. The molecule has 0 heterocycles. The number of anilines is 2. The average molecular weight is 420 g/mol. The van der Waals surface area contributed by atoms with Crippen molar-refractivity contribution in [3.05, 3.63) is 48.5 Å². The van der Waals surface area contributed by atoms with Crippen LogP contribution in [0.2, 0.25) is 0 Å². The van der Waals surface area contributed by atoms with E-state index < -0.39 is 15.9 Å². The third kappa shape index (κ3) is 6.03. The summed E-state index contributed by atoms with van der Waals surface area (Å²) < 4.78 is 32.3. The summed E-state index contributed by atoms with van der Waals surface area (Å²) in [5.41, 5.74) is 0.959. The number of rotatable bonds is 9. The lowest BCUT2D eigenvalue weighted by Gasteiger charge is -2.21. The highest BCUT2D eigenvalue weighted by molar-refractivity contribution is 7.89. The van der Waals surface area contributed by atoms with Gasteiger partial charge in [-0.2, -0.15) is 4.31 Å². The van der Waals surface area contributed by atoms with Gasteiger partial charge in [0.15, 0.2) is 0 Å². The van der Waals surface area contributed by atoms with Gasteiger partial charge in [0, 0.05) is 19.2 Å². The maximum atomic E-state index is 13.0.